The number of nitrogens with zero attached hydrogens (tertiary/aromatic N) is 1. The van der Waals surface area contributed by atoms with Gasteiger partial charge in [0.2, 0.25) is 0 Å². The third kappa shape index (κ3) is 5.21. The van der Waals surface area contributed by atoms with E-state index in [9.17, 15) is 0 Å². The Bertz CT molecular complexity index is 124. The minimum absolute atomic E-state index is 0.233. The zero-order chi connectivity index (χ0) is 9.52. The summed E-state index contributed by atoms with van der Waals surface area (Å²) in [6.45, 7) is 9.09. The predicted molar refractivity (Wildman–Crippen MR) is 53.9 cm³/mol. The van der Waals surface area contributed by atoms with Crippen LogP contribution in [-0.4, -0.2) is 61.9 Å². The largest absolute Gasteiger partial charge is 0.392 e. The van der Waals surface area contributed by atoms with Crippen LogP contribution in [-0.2, 0) is 0 Å². The van der Waals surface area contributed by atoms with Gasteiger partial charge in [0.25, 0.3) is 0 Å². The van der Waals surface area contributed by atoms with Gasteiger partial charge in [0.1, 0.15) is 0 Å². The van der Waals surface area contributed by atoms with Crippen LogP contribution in [0.4, 0.5) is 0 Å². The normalized spacial score (nSPS) is 21.7. The first-order chi connectivity index (χ1) is 6.29. The zero-order valence-electron chi connectivity index (χ0n) is 8.42. The number of piperazine rings is 1. The minimum atomic E-state index is -0.233. The topological polar surface area (TPSA) is 47.5 Å². The summed E-state index contributed by atoms with van der Waals surface area (Å²) < 4.78 is 0. The van der Waals surface area contributed by atoms with E-state index in [0.29, 0.717) is 6.54 Å². The molecule has 0 aromatic rings. The van der Waals surface area contributed by atoms with Crippen LogP contribution in [0.5, 0.6) is 0 Å². The van der Waals surface area contributed by atoms with E-state index in [2.05, 4.69) is 15.5 Å². The first-order valence-electron chi connectivity index (χ1n) is 5.11. The van der Waals surface area contributed by atoms with Crippen LogP contribution in [0, 0.1) is 0 Å². The van der Waals surface area contributed by atoms with Crippen molar-refractivity contribution in [3.05, 3.63) is 0 Å². The Morgan fingerprint density at radius 2 is 2.15 bits per heavy atom. The summed E-state index contributed by atoms with van der Waals surface area (Å²) in [4.78, 5) is 2.44. The Labute approximate surface area is 80.3 Å². The maximum absolute atomic E-state index is 9.00. The lowest BCUT2D eigenvalue weighted by atomic mass is 10.3. The van der Waals surface area contributed by atoms with Gasteiger partial charge < -0.3 is 15.7 Å². The van der Waals surface area contributed by atoms with Crippen molar-refractivity contribution in [2.75, 3.05) is 45.8 Å². The molecule has 3 N–H and O–H groups in total. The van der Waals surface area contributed by atoms with Crippen LogP contribution < -0.4 is 10.6 Å². The molecule has 1 atom stereocenters. The van der Waals surface area contributed by atoms with Crippen molar-refractivity contribution in [3.8, 4) is 0 Å². The monoisotopic (exact) mass is 187 g/mol. The summed E-state index contributed by atoms with van der Waals surface area (Å²) in [6.07, 6.45) is -0.233. The fourth-order valence-corrected chi connectivity index (χ4v) is 1.48. The molecule has 0 radical (unpaired) electrons. The highest BCUT2D eigenvalue weighted by atomic mass is 16.3. The fraction of sp³-hybridized carbons (Fsp3) is 1.00. The molecule has 0 aliphatic carbocycles. The van der Waals surface area contributed by atoms with Crippen LogP contribution in [0.2, 0.25) is 0 Å². The molecule has 4 nitrogen and oxygen atoms in total. The molecule has 0 saturated carbocycles. The van der Waals surface area contributed by atoms with Crippen molar-refractivity contribution in [2.45, 2.75) is 13.0 Å². The molecular weight excluding hydrogens is 166 g/mol. The maximum Gasteiger partial charge on any atom is 0.0636 e. The Morgan fingerprint density at radius 3 is 2.77 bits per heavy atom. The lowest BCUT2D eigenvalue weighted by molar-refractivity contribution is 0.185. The summed E-state index contributed by atoms with van der Waals surface area (Å²) in [5.74, 6) is 0. The van der Waals surface area contributed by atoms with Crippen molar-refractivity contribution in [1.29, 1.82) is 0 Å². The van der Waals surface area contributed by atoms with E-state index in [-0.39, 0.29) is 6.10 Å². The Hall–Kier alpha value is -0.160. The van der Waals surface area contributed by atoms with E-state index in [4.69, 9.17) is 5.11 Å². The summed E-state index contributed by atoms with van der Waals surface area (Å²) in [6, 6.07) is 0. The Morgan fingerprint density at radius 1 is 1.46 bits per heavy atom. The first-order valence-corrected chi connectivity index (χ1v) is 5.11. The van der Waals surface area contributed by atoms with Gasteiger partial charge in [0.15, 0.2) is 0 Å². The van der Waals surface area contributed by atoms with Gasteiger partial charge in [-0.2, -0.15) is 0 Å². The van der Waals surface area contributed by atoms with Crippen LogP contribution in [0.1, 0.15) is 6.92 Å². The molecule has 0 unspecified atom stereocenters. The van der Waals surface area contributed by atoms with Gasteiger partial charge in [0.05, 0.1) is 6.10 Å². The van der Waals surface area contributed by atoms with Crippen molar-refractivity contribution in [1.82, 2.24) is 15.5 Å². The molecule has 1 heterocycles. The molecule has 78 valence electrons. The standard InChI is InChI=1S/C9H21N3O/c1-9(13)8-11-4-7-12-5-2-10-3-6-12/h9-11,13H,2-8H2,1H3/t9-/m1/s1. The minimum Gasteiger partial charge on any atom is -0.392 e. The molecule has 1 aliphatic rings. The van der Waals surface area contributed by atoms with Gasteiger partial charge in [-0.3, -0.25) is 4.90 Å². The molecule has 1 fully saturated rings. The third-order valence-corrected chi connectivity index (χ3v) is 2.25. The predicted octanol–water partition coefficient (Wildman–Crippen LogP) is -1.14. The number of nitrogens with one attached hydrogen (secondary N) is 2. The maximum atomic E-state index is 9.00. The lowest BCUT2D eigenvalue weighted by Crippen LogP contribution is -2.46. The highest BCUT2D eigenvalue weighted by Gasteiger charge is 2.07. The van der Waals surface area contributed by atoms with Gasteiger partial charge in [-0.1, -0.05) is 0 Å². The van der Waals surface area contributed by atoms with Gasteiger partial charge in [-0.25, -0.2) is 0 Å². The molecule has 13 heavy (non-hydrogen) atoms. The second-order valence-electron chi connectivity index (χ2n) is 3.64. The summed E-state index contributed by atoms with van der Waals surface area (Å²) in [5, 5.41) is 15.5. The SMILES string of the molecule is C[C@@H](O)CNCCN1CCNCC1. The van der Waals surface area contributed by atoms with E-state index < -0.39 is 0 Å². The molecule has 0 aromatic heterocycles. The van der Waals surface area contributed by atoms with Crippen LogP contribution >= 0.6 is 0 Å². The average Bonchev–Trinajstić information content (AvgIpc) is 2.14. The van der Waals surface area contributed by atoms with E-state index in [0.717, 1.165) is 39.3 Å². The summed E-state index contributed by atoms with van der Waals surface area (Å²) in [7, 11) is 0. The van der Waals surface area contributed by atoms with Gasteiger partial charge >= 0.3 is 0 Å². The number of aliphatic hydroxyl groups is 1. The average molecular weight is 187 g/mol. The molecule has 0 bridgehead atoms. The third-order valence-electron chi connectivity index (χ3n) is 2.25. The van der Waals surface area contributed by atoms with Crippen LogP contribution in [0.15, 0.2) is 0 Å². The molecule has 0 spiro atoms. The second-order valence-corrected chi connectivity index (χ2v) is 3.64. The van der Waals surface area contributed by atoms with Crippen LogP contribution in [0.25, 0.3) is 0 Å². The second kappa shape index (κ2) is 6.32. The fourth-order valence-electron chi connectivity index (χ4n) is 1.48. The van der Waals surface area contributed by atoms with Crippen LogP contribution in [0.3, 0.4) is 0 Å². The number of hydrogen-bond donors (Lipinski definition) is 3. The Balaban J connectivity index is 1.92. The van der Waals surface area contributed by atoms with Gasteiger partial charge in [0, 0.05) is 45.8 Å². The number of rotatable bonds is 5. The smallest absolute Gasteiger partial charge is 0.0636 e. The van der Waals surface area contributed by atoms with E-state index in [1.165, 1.54) is 0 Å². The van der Waals surface area contributed by atoms with E-state index in [1.54, 1.807) is 6.92 Å². The quantitative estimate of drug-likeness (QED) is 0.476. The van der Waals surface area contributed by atoms with Crippen molar-refractivity contribution in [2.24, 2.45) is 0 Å². The van der Waals surface area contributed by atoms with E-state index >= 15 is 0 Å². The Kier molecular flexibility index (Phi) is 5.31. The van der Waals surface area contributed by atoms with Gasteiger partial charge in [-0.15, -0.1) is 0 Å². The van der Waals surface area contributed by atoms with Crippen molar-refractivity contribution < 1.29 is 5.11 Å². The molecular formula is C9H21N3O. The lowest BCUT2D eigenvalue weighted by Gasteiger charge is -2.27. The van der Waals surface area contributed by atoms with Crippen molar-refractivity contribution >= 4 is 0 Å². The highest BCUT2D eigenvalue weighted by Crippen LogP contribution is 1.89. The molecule has 0 aromatic carbocycles. The molecule has 1 rings (SSSR count). The first kappa shape index (κ1) is 10.9. The summed E-state index contributed by atoms with van der Waals surface area (Å²) >= 11 is 0. The highest BCUT2D eigenvalue weighted by molar-refractivity contribution is 4.68. The molecule has 1 aliphatic heterocycles. The number of aliphatic hydroxyl groups excluding tert-OH is 1. The summed E-state index contributed by atoms with van der Waals surface area (Å²) in [5.41, 5.74) is 0. The zero-order valence-corrected chi connectivity index (χ0v) is 8.42. The molecule has 1 saturated heterocycles. The van der Waals surface area contributed by atoms with E-state index in [1.807, 2.05) is 0 Å². The number of hydrogen-bond acceptors (Lipinski definition) is 4. The molecule has 0 amide bonds. The van der Waals surface area contributed by atoms with Gasteiger partial charge in [-0.05, 0) is 6.92 Å². The molecule has 4 heteroatoms. The van der Waals surface area contributed by atoms with Crippen molar-refractivity contribution in [3.63, 3.8) is 0 Å².